The Balaban J connectivity index is 0.000000224. The lowest BCUT2D eigenvalue weighted by atomic mass is 10.2. The molecule has 0 amide bonds. The Morgan fingerprint density at radius 1 is 1.00 bits per heavy atom. The van der Waals surface area contributed by atoms with Gasteiger partial charge in [-0.2, -0.15) is 0 Å². The first-order valence-corrected chi connectivity index (χ1v) is 8.18. The molecule has 0 bridgehead atoms. The first kappa shape index (κ1) is 18.1. The van der Waals surface area contributed by atoms with Crippen molar-refractivity contribution in [2.45, 2.75) is 4.90 Å². The topological polar surface area (TPSA) is 57.2 Å². The molecule has 118 valence electrons. The molecule has 0 atom stereocenters. The molecule has 0 N–H and O–H groups in total. The predicted molar refractivity (Wildman–Crippen MR) is 89.6 cm³/mol. The van der Waals surface area contributed by atoms with Crippen molar-refractivity contribution in [3.63, 3.8) is 0 Å². The third kappa shape index (κ3) is 5.81. The third-order valence-electron chi connectivity index (χ3n) is 3.07. The van der Waals surface area contributed by atoms with Crippen molar-refractivity contribution >= 4 is 15.8 Å². The van der Waals surface area contributed by atoms with Gasteiger partial charge in [0.2, 0.25) is 0 Å². The van der Waals surface area contributed by atoms with Gasteiger partial charge in [-0.3, -0.25) is 4.48 Å². The Hall–Kier alpha value is -1.95. The van der Waals surface area contributed by atoms with Gasteiger partial charge in [0.15, 0.2) is 0 Å². The highest BCUT2D eigenvalue weighted by Gasteiger charge is 2.15. The van der Waals surface area contributed by atoms with Crippen LogP contribution in [0, 0.1) is 0 Å². The summed E-state index contributed by atoms with van der Waals surface area (Å²) in [7, 11) is 0.102. The second-order valence-electron chi connectivity index (χ2n) is 5.26. The number of likely N-dealkylation sites (N-methyl/N-ethyl adjacent to an activating group) is 1. The van der Waals surface area contributed by atoms with E-state index in [2.05, 4.69) is 44.9 Å². The van der Waals surface area contributed by atoms with Gasteiger partial charge in [0.25, 0.3) is 0 Å². The van der Waals surface area contributed by atoms with Crippen LogP contribution in [0.5, 0.6) is 0 Å². The average molecular weight is 319 g/mol. The van der Waals surface area contributed by atoms with Crippen LogP contribution in [0.2, 0.25) is 0 Å². The summed E-state index contributed by atoms with van der Waals surface area (Å²) >= 11 is 0. The Morgan fingerprint density at radius 3 is 1.82 bits per heavy atom. The molecular formula is C17H21NO3S. The van der Waals surface area contributed by atoms with E-state index in [1.807, 2.05) is 12.1 Å². The molecule has 0 saturated carbocycles. The molecule has 5 heteroatoms. The van der Waals surface area contributed by atoms with Crippen molar-refractivity contribution in [1.82, 2.24) is 4.48 Å². The van der Waals surface area contributed by atoms with Crippen LogP contribution in [0.3, 0.4) is 0 Å². The molecule has 22 heavy (non-hydrogen) atoms. The molecule has 0 fully saturated rings. The van der Waals surface area contributed by atoms with Gasteiger partial charge < -0.3 is 4.55 Å². The highest BCUT2D eigenvalue weighted by atomic mass is 32.2. The normalized spacial score (nSPS) is 11.2. The van der Waals surface area contributed by atoms with Crippen LogP contribution in [0.25, 0.3) is 0 Å². The van der Waals surface area contributed by atoms with Crippen molar-refractivity contribution in [3.8, 4) is 0 Å². The van der Waals surface area contributed by atoms with E-state index in [1.54, 1.807) is 6.07 Å². The second kappa shape index (κ2) is 7.89. The van der Waals surface area contributed by atoms with Gasteiger partial charge in [-0.15, -0.1) is 0 Å². The number of rotatable bonds is 4. The summed E-state index contributed by atoms with van der Waals surface area (Å²) < 4.78 is 31.7. The fraction of sp³-hybridized carbons (Fsp3) is 0.176. The van der Waals surface area contributed by atoms with Crippen LogP contribution in [-0.4, -0.2) is 33.6 Å². The average Bonchev–Trinajstić information content (AvgIpc) is 2.49. The van der Waals surface area contributed by atoms with E-state index in [4.69, 9.17) is 0 Å². The van der Waals surface area contributed by atoms with Crippen molar-refractivity contribution in [2.24, 2.45) is 0 Å². The molecule has 2 aromatic rings. The molecule has 0 spiro atoms. The van der Waals surface area contributed by atoms with E-state index >= 15 is 0 Å². The molecule has 0 radical (unpaired) electrons. The zero-order valence-corrected chi connectivity index (χ0v) is 13.7. The number of hydrogen-bond donors (Lipinski definition) is 0. The minimum atomic E-state index is -4.25. The highest BCUT2D eigenvalue weighted by molar-refractivity contribution is 7.85. The minimum absolute atomic E-state index is 0.185. The van der Waals surface area contributed by atoms with E-state index in [0.29, 0.717) is 0 Å². The minimum Gasteiger partial charge on any atom is -0.744 e. The van der Waals surface area contributed by atoms with Crippen LogP contribution >= 0.6 is 0 Å². The lowest BCUT2D eigenvalue weighted by Crippen LogP contribution is -2.40. The number of benzene rings is 2. The fourth-order valence-electron chi connectivity index (χ4n) is 1.85. The van der Waals surface area contributed by atoms with Gasteiger partial charge in [-0.1, -0.05) is 43.0 Å². The highest BCUT2D eigenvalue weighted by Crippen LogP contribution is 2.17. The summed E-state index contributed by atoms with van der Waals surface area (Å²) in [6.45, 7) is 4.72. The van der Waals surface area contributed by atoms with Gasteiger partial charge >= 0.3 is 0 Å². The molecule has 0 aromatic heterocycles. The van der Waals surface area contributed by atoms with Crippen LogP contribution in [0.4, 0.5) is 5.69 Å². The predicted octanol–water partition coefficient (Wildman–Crippen LogP) is 3.03. The smallest absolute Gasteiger partial charge is 0.132 e. The standard InChI is InChI=1S/C11H16N.C6H6O3S/c1-4-10-12(2,3)11-8-6-5-7-9-11;7-10(8,9)6-4-2-1-3-5-6/h4-9H,1,10H2,2-3H3;1-5H,(H,7,8,9)/q+1;/p-1. The lowest BCUT2D eigenvalue weighted by Gasteiger charge is -2.27. The fourth-order valence-corrected chi connectivity index (χ4v) is 2.34. The molecular weight excluding hydrogens is 298 g/mol. The summed E-state index contributed by atoms with van der Waals surface area (Å²) in [6.07, 6.45) is 1.95. The second-order valence-corrected chi connectivity index (χ2v) is 6.64. The van der Waals surface area contributed by atoms with Gasteiger partial charge in [-0.05, 0) is 30.3 Å². The maximum absolute atomic E-state index is 10.3. The molecule has 0 aliphatic heterocycles. The maximum atomic E-state index is 10.3. The third-order valence-corrected chi connectivity index (χ3v) is 3.92. The van der Waals surface area contributed by atoms with Crippen LogP contribution in [0.1, 0.15) is 0 Å². The van der Waals surface area contributed by atoms with Crippen molar-refractivity contribution in [3.05, 3.63) is 73.3 Å². The summed E-state index contributed by atoms with van der Waals surface area (Å²) in [4.78, 5) is -0.185. The maximum Gasteiger partial charge on any atom is 0.132 e. The van der Waals surface area contributed by atoms with Crippen LogP contribution in [0.15, 0.2) is 78.2 Å². The van der Waals surface area contributed by atoms with Gasteiger partial charge in [0, 0.05) is 0 Å². The molecule has 2 aromatic carbocycles. The molecule has 0 heterocycles. The summed E-state index contributed by atoms with van der Waals surface area (Å²) in [6, 6.07) is 17.6. The molecule has 2 rings (SSSR count). The summed E-state index contributed by atoms with van der Waals surface area (Å²) in [5, 5.41) is 0. The monoisotopic (exact) mass is 319 g/mol. The Bertz CT molecular complexity index is 680. The quantitative estimate of drug-likeness (QED) is 0.494. The van der Waals surface area contributed by atoms with Crippen LogP contribution < -0.4 is 4.48 Å². The van der Waals surface area contributed by atoms with Crippen molar-refractivity contribution < 1.29 is 13.0 Å². The molecule has 0 aliphatic carbocycles. The zero-order chi connectivity index (χ0) is 16.6. The number of hydrogen-bond acceptors (Lipinski definition) is 3. The van der Waals surface area contributed by atoms with Crippen molar-refractivity contribution in [2.75, 3.05) is 20.6 Å². The van der Waals surface area contributed by atoms with E-state index in [0.717, 1.165) is 11.0 Å². The van der Waals surface area contributed by atoms with E-state index < -0.39 is 10.1 Å². The molecule has 4 nitrogen and oxygen atoms in total. The SMILES string of the molecule is C=CC[N+](C)(C)c1ccccc1.O=S(=O)([O-])c1ccccc1. The Labute approximate surface area is 132 Å². The molecule has 0 unspecified atom stereocenters. The number of nitrogens with zero attached hydrogens (tertiary/aromatic N) is 1. The molecule has 0 saturated heterocycles. The zero-order valence-electron chi connectivity index (χ0n) is 12.8. The Morgan fingerprint density at radius 2 is 1.45 bits per heavy atom. The van der Waals surface area contributed by atoms with Gasteiger partial charge in [0.1, 0.15) is 22.4 Å². The Kier molecular flexibility index (Phi) is 6.49. The number of para-hydroxylation sites is 1. The summed E-state index contributed by atoms with van der Waals surface area (Å²) in [5.74, 6) is 0. The van der Waals surface area contributed by atoms with E-state index in [9.17, 15) is 13.0 Å². The van der Waals surface area contributed by atoms with Crippen LogP contribution in [-0.2, 0) is 10.1 Å². The first-order chi connectivity index (χ1) is 10.3. The largest absolute Gasteiger partial charge is 0.744 e. The van der Waals surface area contributed by atoms with Crippen molar-refractivity contribution in [1.29, 1.82) is 0 Å². The molecule has 0 aliphatic rings. The van der Waals surface area contributed by atoms with E-state index in [-0.39, 0.29) is 4.90 Å². The van der Waals surface area contributed by atoms with E-state index in [1.165, 1.54) is 30.0 Å². The number of quaternary nitrogens is 1. The van der Waals surface area contributed by atoms with Gasteiger partial charge in [-0.25, -0.2) is 8.42 Å². The summed E-state index contributed by atoms with van der Waals surface area (Å²) in [5.41, 5.74) is 1.32. The first-order valence-electron chi connectivity index (χ1n) is 6.78. The van der Waals surface area contributed by atoms with Gasteiger partial charge in [0.05, 0.1) is 19.0 Å². The lowest BCUT2D eigenvalue weighted by molar-refractivity contribution is 0.442.